The van der Waals surface area contributed by atoms with Gasteiger partial charge in [0.2, 0.25) is 0 Å². The fraction of sp³-hybridized carbons (Fsp3) is 0.462. The number of nitrogens with one attached hydrogen (secondary N) is 4. The molecule has 208 valence electrons. The van der Waals surface area contributed by atoms with Gasteiger partial charge in [-0.2, -0.15) is 0 Å². The second-order valence-electron chi connectivity index (χ2n) is 11.3. The first-order chi connectivity index (χ1) is 17.5. The van der Waals surface area contributed by atoms with Crippen molar-refractivity contribution in [3.8, 4) is 0 Å². The third-order valence-electron chi connectivity index (χ3n) is 6.57. The minimum Gasteiger partial charge on any atom is -0.337 e. The van der Waals surface area contributed by atoms with Crippen molar-refractivity contribution >= 4 is 32.1 Å². The zero-order valence-corrected chi connectivity index (χ0v) is 23.9. The molecule has 3 rings (SSSR count). The Morgan fingerprint density at radius 1 is 0.763 bits per heavy atom. The number of carbonyl (C=O) groups excluding carboxylic acids is 2. The van der Waals surface area contributed by atoms with Gasteiger partial charge in [-0.3, -0.25) is 0 Å². The van der Waals surface area contributed by atoms with Gasteiger partial charge in [-0.05, 0) is 68.2 Å². The molecule has 1 aliphatic carbocycles. The number of hydrogen-bond acceptors (Lipinski definition) is 6. The minimum absolute atomic E-state index is 0.0112. The summed E-state index contributed by atoms with van der Waals surface area (Å²) in [5, 5.41) is 5.42. The van der Waals surface area contributed by atoms with E-state index in [1.165, 1.54) is 24.3 Å². The fourth-order valence-electron chi connectivity index (χ4n) is 5.21. The molecule has 12 heteroatoms. The summed E-state index contributed by atoms with van der Waals surface area (Å²) in [6.45, 7) is 9.83. The highest BCUT2D eigenvalue weighted by Crippen LogP contribution is 2.45. The molecule has 38 heavy (non-hydrogen) atoms. The number of benzene rings is 2. The summed E-state index contributed by atoms with van der Waals surface area (Å²) in [6.07, 6.45) is 1.76. The number of rotatable bonds is 7. The maximum absolute atomic E-state index is 12.6. The Labute approximate surface area is 225 Å². The number of carbonyl (C=O) groups is 2. The number of urea groups is 2. The molecule has 2 aromatic rings. The minimum atomic E-state index is -4.03. The van der Waals surface area contributed by atoms with Crippen molar-refractivity contribution in [3.63, 3.8) is 0 Å². The summed E-state index contributed by atoms with van der Waals surface area (Å²) in [7, 11) is -8.06. The second kappa shape index (κ2) is 10.9. The highest BCUT2D eigenvalue weighted by molar-refractivity contribution is 7.90. The van der Waals surface area contributed by atoms with Crippen LogP contribution >= 0.6 is 0 Å². The van der Waals surface area contributed by atoms with Crippen LogP contribution in [0.15, 0.2) is 58.3 Å². The third kappa shape index (κ3) is 7.94. The second-order valence-corrected chi connectivity index (χ2v) is 14.6. The Hall–Kier alpha value is -3.12. The van der Waals surface area contributed by atoms with Gasteiger partial charge in [-0.15, -0.1) is 0 Å². The lowest BCUT2D eigenvalue weighted by Crippen LogP contribution is -2.53. The fourth-order valence-corrected chi connectivity index (χ4v) is 7.06. The molecule has 0 bridgehead atoms. The molecule has 0 heterocycles. The van der Waals surface area contributed by atoms with E-state index >= 15 is 0 Å². The van der Waals surface area contributed by atoms with E-state index in [0.717, 1.165) is 11.1 Å². The van der Waals surface area contributed by atoms with E-state index in [-0.39, 0.29) is 27.8 Å². The van der Waals surface area contributed by atoms with Gasteiger partial charge in [0.25, 0.3) is 20.0 Å². The van der Waals surface area contributed by atoms with E-state index in [2.05, 4.69) is 15.4 Å². The van der Waals surface area contributed by atoms with Gasteiger partial charge in [0.05, 0.1) is 9.79 Å². The van der Waals surface area contributed by atoms with Crippen LogP contribution in [-0.4, -0.2) is 41.5 Å². The van der Waals surface area contributed by atoms with Gasteiger partial charge >= 0.3 is 12.1 Å². The van der Waals surface area contributed by atoms with Crippen LogP contribution in [-0.2, 0) is 20.0 Å². The van der Waals surface area contributed by atoms with Crippen molar-refractivity contribution < 1.29 is 26.4 Å². The summed E-state index contributed by atoms with van der Waals surface area (Å²) < 4.78 is 54.3. The molecule has 1 aliphatic rings. The Bertz CT molecular complexity index is 1390. The SMILES string of the molecule is Cc1ccc(S(=O)(=O)NC(=O)NC[C@]2(C)C[C@@H](NC(=O)NS(=O)(=O)c3ccc(C)cc3)CC(C)(C)C2)cc1. The maximum atomic E-state index is 12.6. The smallest absolute Gasteiger partial charge is 0.328 e. The largest absolute Gasteiger partial charge is 0.337 e. The van der Waals surface area contributed by atoms with Crippen molar-refractivity contribution in [3.05, 3.63) is 59.7 Å². The van der Waals surface area contributed by atoms with Gasteiger partial charge in [0.1, 0.15) is 0 Å². The average molecular weight is 565 g/mol. The molecule has 0 spiro atoms. The van der Waals surface area contributed by atoms with E-state index in [1.807, 2.05) is 39.3 Å². The molecule has 1 saturated carbocycles. The van der Waals surface area contributed by atoms with E-state index in [0.29, 0.717) is 19.3 Å². The van der Waals surface area contributed by atoms with E-state index in [1.54, 1.807) is 24.3 Å². The Morgan fingerprint density at radius 3 is 1.68 bits per heavy atom. The van der Waals surface area contributed by atoms with Gasteiger partial charge < -0.3 is 10.6 Å². The molecule has 0 saturated heterocycles. The third-order valence-corrected chi connectivity index (χ3v) is 9.26. The molecule has 0 radical (unpaired) electrons. The summed E-state index contributed by atoms with van der Waals surface area (Å²) in [5.41, 5.74) is 1.07. The molecule has 2 atom stereocenters. The summed E-state index contributed by atoms with van der Waals surface area (Å²) in [5.74, 6) is 0. The zero-order valence-electron chi connectivity index (χ0n) is 22.3. The predicted molar refractivity (Wildman–Crippen MR) is 144 cm³/mol. The van der Waals surface area contributed by atoms with Gasteiger partial charge in [0, 0.05) is 12.6 Å². The van der Waals surface area contributed by atoms with Crippen molar-refractivity contribution in [2.24, 2.45) is 10.8 Å². The maximum Gasteiger partial charge on any atom is 0.328 e. The summed E-state index contributed by atoms with van der Waals surface area (Å²) >= 11 is 0. The molecular formula is C26H36N4O6S2. The van der Waals surface area contributed by atoms with Crippen LogP contribution in [0.25, 0.3) is 0 Å². The zero-order chi connectivity index (χ0) is 28.4. The van der Waals surface area contributed by atoms with Gasteiger partial charge in [-0.25, -0.2) is 35.9 Å². The van der Waals surface area contributed by atoms with Crippen LogP contribution < -0.4 is 20.1 Å². The standard InChI is InChI=1S/C26H36N4O6S2/c1-18-6-10-21(11-7-18)37(33,34)29-23(31)27-17-26(5)15-20(14-25(3,4)16-26)28-24(32)30-38(35,36)22-12-8-19(2)9-13-22/h6-13,20H,14-17H2,1-5H3,(H2,27,29,31)(H2,28,30,32)/t20-,26+/m0/s1. The molecule has 4 amide bonds. The topological polar surface area (TPSA) is 151 Å². The van der Waals surface area contributed by atoms with E-state index < -0.39 is 37.5 Å². The summed E-state index contributed by atoms with van der Waals surface area (Å²) in [4.78, 5) is 25.1. The predicted octanol–water partition coefficient (Wildman–Crippen LogP) is 3.56. The van der Waals surface area contributed by atoms with Crippen molar-refractivity contribution in [1.82, 2.24) is 20.1 Å². The van der Waals surface area contributed by atoms with E-state index in [4.69, 9.17) is 0 Å². The van der Waals surface area contributed by atoms with Gasteiger partial charge in [0.15, 0.2) is 0 Å². The molecule has 0 aromatic heterocycles. The quantitative estimate of drug-likeness (QED) is 0.404. The van der Waals surface area contributed by atoms with Crippen molar-refractivity contribution in [2.75, 3.05) is 6.54 Å². The highest BCUT2D eigenvalue weighted by Gasteiger charge is 2.42. The molecule has 0 unspecified atom stereocenters. The molecule has 4 N–H and O–H groups in total. The van der Waals surface area contributed by atoms with Crippen LogP contribution in [0.2, 0.25) is 0 Å². The molecular weight excluding hydrogens is 528 g/mol. The van der Waals surface area contributed by atoms with Crippen LogP contribution in [0.3, 0.4) is 0 Å². The summed E-state index contributed by atoms with van der Waals surface area (Å²) in [6, 6.07) is 10.3. The first kappa shape index (κ1) is 29.4. The number of aryl methyl sites for hydroxylation is 2. The molecule has 10 nitrogen and oxygen atoms in total. The number of amides is 4. The molecule has 2 aromatic carbocycles. The Balaban J connectivity index is 1.61. The number of sulfonamides is 2. The normalized spacial score (nSPS) is 21.2. The van der Waals surface area contributed by atoms with Crippen molar-refractivity contribution in [1.29, 1.82) is 0 Å². The van der Waals surface area contributed by atoms with Crippen LogP contribution in [0.5, 0.6) is 0 Å². The monoisotopic (exact) mass is 564 g/mol. The lowest BCUT2D eigenvalue weighted by Gasteiger charge is -2.46. The first-order valence-corrected chi connectivity index (χ1v) is 15.2. The van der Waals surface area contributed by atoms with Crippen LogP contribution in [0.4, 0.5) is 9.59 Å². The van der Waals surface area contributed by atoms with Crippen LogP contribution in [0.1, 0.15) is 51.2 Å². The highest BCUT2D eigenvalue weighted by atomic mass is 32.2. The lowest BCUT2D eigenvalue weighted by molar-refractivity contribution is 0.0754. The number of hydrogen-bond donors (Lipinski definition) is 4. The Kier molecular flexibility index (Phi) is 8.47. The van der Waals surface area contributed by atoms with Crippen LogP contribution in [0, 0.1) is 24.7 Å². The average Bonchev–Trinajstić information content (AvgIpc) is 2.76. The molecule has 1 fully saturated rings. The van der Waals surface area contributed by atoms with E-state index in [9.17, 15) is 26.4 Å². The Morgan fingerprint density at radius 2 is 1.21 bits per heavy atom. The molecule has 0 aliphatic heterocycles. The first-order valence-electron chi connectivity index (χ1n) is 12.3. The van der Waals surface area contributed by atoms with Crippen molar-refractivity contribution in [2.45, 2.75) is 69.7 Å². The lowest BCUT2D eigenvalue weighted by atomic mass is 9.62. The van der Waals surface area contributed by atoms with Gasteiger partial charge in [-0.1, -0.05) is 56.2 Å².